The standard InChI is InChI=1S/C13H23N5/c1-16-5-3-15-13(16)2-4-17-6-8-18(9-7-17)12-10-14-11-12/h3,5,12,14H,2,4,6-11H2,1H3. The van der Waals surface area contributed by atoms with Crippen molar-refractivity contribution in [2.75, 3.05) is 45.8 Å². The Morgan fingerprint density at radius 3 is 2.61 bits per heavy atom. The molecule has 0 aliphatic carbocycles. The molecular weight excluding hydrogens is 226 g/mol. The van der Waals surface area contributed by atoms with Gasteiger partial charge in [-0.25, -0.2) is 4.98 Å². The molecule has 18 heavy (non-hydrogen) atoms. The molecule has 2 aliphatic rings. The van der Waals surface area contributed by atoms with Gasteiger partial charge in [0.2, 0.25) is 0 Å². The predicted octanol–water partition coefficient (Wildman–Crippen LogP) is -0.448. The summed E-state index contributed by atoms with van der Waals surface area (Å²) in [6.45, 7) is 8.39. The first-order chi connectivity index (χ1) is 8.83. The van der Waals surface area contributed by atoms with E-state index in [1.807, 2.05) is 12.4 Å². The van der Waals surface area contributed by atoms with Gasteiger partial charge in [-0.3, -0.25) is 4.90 Å². The molecule has 0 saturated carbocycles. The van der Waals surface area contributed by atoms with Gasteiger partial charge in [0.1, 0.15) is 5.82 Å². The topological polar surface area (TPSA) is 36.3 Å². The lowest BCUT2D eigenvalue weighted by molar-refractivity contribution is 0.0731. The smallest absolute Gasteiger partial charge is 0.109 e. The molecule has 3 heterocycles. The van der Waals surface area contributed by atoms with Crippen LogP contribution in [0.25, 0.3) is 0 Å². The Hall–Kier alpha value is -0.910. The van der Waals surface area contributed by atoms with Gasteiger partial charge in [0.15, 0.2) is 0 Å². The van der Waals surface area contributed by atoms with E-state index >= 15 is 0 Å². The molecule has 0 aromatic carbocycles. The Balaban J connectivity index is 1.41. The number of rotatable bonds is 4. The van der Waals surface area contributed by atoms with E-state index in [9.17, 15) is 0 Å². The lowest BCUT2D eigenvalue weighted by atomic mass is 10.1. The summed E-state index contributed by atoms with van der Waals surface area (Å²) in [5, 5.41) is 3.35. The zero-order valence-corrected chi connectivity index (χ0v) is 11.2. The molecule has 1 aromatic heterocycles. The van der Waals surface area contributed by atoms with Crippen LogP contribution in [0.1, 0.15) is 5.82 Å². The summed E-state index contributed by atoms with van der Waals surface area (Å²) in [5.41, 5.74) is 0. The number of hydrogen-bond acceptors (Lipinski definition) is 4. The first-order valence-corrected chi connectivity index (χ1v) is 6.96. The molecule has 5 heteroatoms. The lowest BCUT2D eigenvalue weighted by Gasteiger charge is -2.43. The summed E-state index contributed by atoms with van der Waals surface area (Å²) in [7, 11) is 2.07. The van der Waals surface area contributed by atoms with Gasteiger partial charge in [-0.1, -0.05) is 0 Å². The van der Waals surface area contributed by atoms with Gasteiger partial charge < -0.3 is 14.8 Å². The highest BCUT2D eigenvalue weighted by molar-refractivity contribution is 4.93. The maximum Gasteiger partial charge on any atom is 0.109 e. The minimum Gasteiger partial charge on any atom is -0.338 e. The van der Waals surface area contributed by atoms with Crippen LogP contribution in [0.4, 0.5) is 0 Å². The van der Waals surface area contributed by atoms with Gasteiger partial charge in [0, 0.05) is 77.7 Å². The molecule has 1 aromatic rings. The summed E-state index contributed by atoms with van der Waals surface area (Å²) < 4.78 is 2.12. The highest BCUT2D eigenvalue weighted by atomic mass is 15.3. The summed E-state index contributed by atoms with van der Waals surface area (Å²) in [6.07, 6.45) is 4.97. The number of imidazole rings is 1. The number of piperazine rings is 1. The molecule has 2 aliphatic heterocycles. The van der Waals surface area contributed by atoms with Crippen molar-refractivity contribution < 1.29 is 0 Å². The molecule has 0 atom stereocenters. The summed E-state index contributed by atoms with van der Waals surface area (Å²) >= 11 is 0. The van der Waals surface area contributed by atoms with E-state index in [1.165, 1.54) is 45.1 Å². The fraction of sp³-hybridized carbons (Fsp3) is 0.769. The van der Waals surface area contributed by atoms with Gasteiger partial charge in [-0.15, -0.1) is 0 Å². The lowest BCUT2D eigenvalue weighted by Crippen LogP contribution is -2.61. The third-order valence-corrected chi connectivity index (χ3v) is 4.26. The zero-order chi connectivity index (χ0) is 12.4. The van der Waals surface area contributed by atoms with Crippen LogP contribution < -0.4 is 5.32 Å². The van der Waals surface area contributed by atoms with E-state index in [4.69, 9.17) is 0 Å². The van der Waals surface area contributed by atoms with E-state index in [2.05, 4.69) is 31.7 Å². The number of hydrogen-bond donors (Lipinski definition) is 1. The van der Waals surface area contributed by atoms with Crippen molar-refractivity contribution >= 4 is 0 Å². The average Bonchev–Trinajstić information content (AvgIpc) is 2.72. The molecule has 0 radical (unpaired) electrons. The number of nitrogens with one attached hydrogen (secondary N) is 1. The summed E-state index contributed by atoms with van der Waals surface area (Å²) in [4.78, 5) is 9.58. The molecule has 100 valence electrons. The fourth-order valence-corrected chi connectivity index (χ4v) is 2.78. The largest absolute Gasteiger partial charge is 0.338 e. The molecule has 0 amide bonds. The van der Waals surface area contributed by atoms with E-state index in [1.54, 1.807) is 0 Å². The van der Waals surface area contributed by atoms with Crippen LogP contribution in [0, 0.1) is 0 Å². The monoisotopic (exact) mass is 249 g/mol. The molecule has 3 rings (SSSR count). The van der Waals surface area contributed by atoms with Crippen molar-refractivity contribution in [3.63, 3.8) is 0 Å². The first-order valence-electron chi connectivity index (χ1n) is 6.96. The number of nitrogens with zero attached hydrogens (tertiary/aromatic N) is 4. The summed E-state index contributed by atoms with van der Waals surface area (Å²) in [6, 6.07) is 0.807. The van der Waals surface area contributed by atoms with Crippen LogP contribution in [-0.4, -0.2) is 71.2 Å². The van der Waals surface area contributed by atoms with Crippen LogP contribution in [-0.2, 0) is 13.5 Å². The highest BCUT2D eigenvalue weighted by Crippen LogP contribution is 2.10. The Bertz CT molecular complexity index is 376. The molecular formula is C13H23N5. The van der Waals surface area contributed by atoms with Crippen molar-refractivity contribution in [1.82, 2.24) is 24.7 Å². The second kappa shape index (κ2) is 5.38. The molecule has 5 nitrogen and oxygen atoms in total. The molecule has 2 saturated heterocycles. The maximum atomic E-state index is 4.38. The van der Waals surface area contributed by atoms with E-state index in [-0.39, 0.29) is 0 Å². The van der Waals surface area contributed by atoms with Crippen molar-refractivity contribution in [1.29, 1.82) is 0 Å². The molecule has 0 bridgehead atoms. The average molecular weight is 249 g/mol. The maximum absolute atomic E-state index is 4.38. The summed E-state index contributed by atoms with van der Waals surface area (Å²) in [5.74, 6) is 1.20. The van der Waals surface area contributed by atoms with E-state index < -0.39 is 0 Å². The van der Waals surface area contributed by atoms with Gasteiger partial charge in [-0.2, -0.15) is 0 Å². The second-order valence-corrected chi connectivity index (χ2v) is 5.39. The van der Waals surface area contributed by atoms with Crippen LogP contribution in [0.3, 0.4) is 0 Å². The number of aryl methyl sites for hydroxylation is 1. The molecule has 2 fully saturated rings. The Kier molecular flexibility index (Phi) is 3.63. The Labute approximate surface area is 109 Å². The van der Waals surface area contributed by atoms with Gasteiger partial charge in [0.05, 0.1) is 0 Å². The highest BCUT2D eigenvalue weighted by Gasteiger charge is 2.27. The minimum absolute atomic E-state index is 0.807. The SMILES string of the molecule is Cn1ccnc1CCN1CCN(C2CNC2)CC1. The first kappa shape index (κ1) is 12.1. The van der Waals surface area contributed by atoms with Crippen LogP contribution >= 0.6 is 0 Å². The number of aromatic nitrogens is 2. The van der Waals surface area contributed by atoms with E-state index in [0.717, 1.165) is 19.0 Å². The van der Waals surface area contributed by atoms with Crippen LogP contribution in [0.2, 0.25) is 0 Å². The normalized spacial score (nSPS) is 23.2. The van der Waals surface area contributed by atoms with Crippen molar-refractivity contribution in [3.05, 3.63) is 18.2 Å². The van der Waals surface area contributed by atoms with E-state index in [0.29, 0.717) is 0 Å². The second-order valence-electron chi connectivity index (χ2n) is 5.39. The third kappa shape index (κ3) is 2.58. The van der Waals surface area contributed by atoms with Crippen molar-refractivity contribution in [2.24, 2.45) is 7.05 Å². The molecule has 1 N–H and O–H groups in total. The van der Waals surface area contributed by atoms with Crippen LogP contribution in [0.5, 0.6) is 0 Å². The van der Waals surface area contributed by atoms with Gasteiger partial charge in [0.25, 0.3) is 0 Å². The quantitative estimate of drug-likeness (QED) is 0.784. The Morgan fingerprint density at radius 2 is 2.06 bits per heavy atom. The fourth-order valence-electron chi connectivity index (χ4n) is 2.78. The third-order valence-electron chi connectivity index (χ3n) is 4.26. The van der Waals surface area contributed by atoms with Crippen LogP contribution in [0.15, 0.2) is 12.4 Å². The van der Waals surface area contributed by atoms with Gasteiger partial charge in [-0.05, 0) is 0 Å². The molecule has 0 unspecified atom stereocenters. The molecule has 0 spiro atoms. The van der Waals surface area contributed by atoms with Gasteiger partial charge >= 0.3 is 0 Å². The minimum atomic E-state index is 0.807. The zero-order valence-electron chi connectivity index (χ0n) is 11.2. The predicted molar refractivity (Wildman–Crippen MR) is 71.6 cm³/mol. The van der Waals surface area contributed by atoms with Crippen molar-refractivity contribution in [2.45, 2.75) is 12.5 Å². The van der Waals surface area contributed by atoms with Crippen molar-refractivity contribution in [3.8, 4) is 0 Å². The Morgan fingerprint density at radius 1 is 1.28 bits per heavy atom.